The van der Waals surface area contributed by atoms with Crippen molar-refractivity contribution in [3.8, 4) is 11.1 Å². The molecular formula is C23H23N7O2. The first-order chi connectivity index (χ1) is 15.5. The van der Waals surface area contributed by atoms with Gasteiger partial charge in [-0.2, -0.15) is 0 Å². The van der Waals surface area contributed by atoms with Gasteiger partial charge in [-0.15, -0.1) is 0 Å². The number of carbonyl (C=O) groups is 2. The van der Waals surface area contributed by atoms with Gasteiger partial charge in [0.25, 0.3) is 5.91 Å². The number of fused-ring (bicyclic) bond motifs is 1. The summed E-state index contributed by atoms with van der Waals surface area (Å²) in [5.74, 6) is 0.399. The van der Waals surface area contributed by atoms with E-state index in [1.54, 1.807) is 18.6 Å². The lowest BCUT2D eigenvalue weighted by atomic mass is 9.96. The molecule has 0 bridgehead atoms. The maximum absolute atomic E-state index is 12.3. The van der Waals surface area contributed by atoms with Crippen molar-refractivity contribution in [3.63, 3.8) is 0 Å². The van der Waals surface area contributed by atoms with E-state index in [1.165, 1.54) is 6.20 Å². The second kappa shape index (κ2) is 9.25. The first kappa shape index (κ1) is 21.0. The number of benzene rings is 1. The molecule has 0 spiro atoms. The molecule has 0 fully saturated rings. The van der Waals surface area contributed by atoms with Gasteiger partial charge in [-0.1, -0.05) is 12.1 Å². The zero-order valence-corrected chi connectivity index (χ0v) is 17.8. The highest BCUT2D eigenvalue weighted by Crippen LogP contribution is 2.32. The number of hydrogen-bond donors (Lipinski definition) is 4. The number of urea groups is 1. The highest BCUT2D eigenvalue weighted by Gasteiger charge is 2.13. The van der Waals surface area contributed by atoms with Crippen LogP contribution in [0.5, 0.6) is 0 Å². The van der Waals surface area contributed by atoms with Crippen molar-refractivity contribution in [3.05, 3.63) is 72.2 Å². The van der Waals surface area contributed by atoms with Crippen LogP contribution in [0.4, 0.5) is 10.6 Å². The number of amides is 3. The number of aryl methyl sites for hydroxylation is 1. The van der Waals surface area contributed by atoms with Crippen molar-refractivity contribution < 1.29 is 9.59 Å². The molecule has 4 rings (SSSR count). The number of carbonyl (C=O) groups excluding carboxylic acids is 2. The summed E-state index contributed by atoms with van der Waals surface area (Å²) in [4.78, 5) is 39.7. The summed E-state index contributed by atoms with van der Waals surface area (Å²) < 4.78 is 0. The van der Waals surface area contributed by atoms with Gasteiger partial charge in [-0.25, -0.2) is 14.8 Å². The summed E-state index contributed by atoms with van der Waals surface area (Å²) >= 11 is 0. The van der Waals surface area contributed by atoms with Gasteiger partial charge in [0.15, 0.2) is 5.82 Å². The smallest absolute Gasteiger partial charge is 0.320 e. The normalized spacial score (nSPS) is 10.7. The van der Waals surface area contributed by atoms with Crippen LogP contribution in [0.1, 0.15) is 28.8 Å². The van der Waals surface area contributed by atoms with Gasteiger partial charge in [-0.05, 0) is 54.1 Å². The summed E-state index contributed by atoms with van der Waals surface area (Å²) in [5, 5.41) is 10.1. The highest BCUT2D eigenvalue weighted by atomic mass is 16.2. The second-order valence-electron chi connectivity index (χ2n) is 7.18. The van der Waals surface area contributed by atoms with Crippen molar-refractivity contribution in [2.75, 3.05) is 11.9 Å². The summed E-state index contributed by atoms with van der Waals surface area (Å²) in [6.07, 6.45) is 6.61. The number of anilines is 1. The Morgan fingerprint density at radius 1 is 1.00 bits per heavy atom. The minimum Gasteiger partial charge on any atom is -0.345 e. The molecule has 0 aliphatic carbocycles. The minimum atomic E-state index is -0.317. The molecule has 162 valence electrons. The van der Waals surface area contributed by atoms with Gasteiger partial charge in [-0.3, -0.25) is 15.1 Å². The fourth-order valence-corrected chi connectivity index (χ4v) is 3.45. The molecule has 0 aliphatic heterocycles. The molecule has 9 heteroatoms. The number of nitrogens with one attached hydrogen (secondary N) is 4. The second-order valence-corrected chi connectivity index (χ2v) is 7.18. The zero-order valence-electron chi connectivity index (χ0n) is 17.8. The number of pyridine rings is 2. The summed E-state index contributed by atoms with van der Waals surface area (Å²) in [6.45, 7) is 4.60. The van der Waals surface area contributed by atoms with Crippen molar-refractivity contribution in [1.29, 1.82) is 0 Å². The summed E-state index contributed by atoms with van der Waals surface area (Å²) in [5.41, 5.74) is 3.78. The molecule has 0 atom stereocenters. The van der Waals surface area contributed by atoms with E-state index in [2.05, 4.69) is 35.9 Å². The zero-order chi connectivity index (χ0) is 22.5. The Bertz CT molecular complexity index is 1270. The standard InChI is InChI=1S/C23H23N7O2/c1-3-24-23(32)30-20-11-18-17(15-6-7-25-14(2)10-15)5-4-16(19(18)13-28-20)12-29-22(31)21-26-8-9-27-21/h4-11,13H,3,12H2,1-2H3,(H,26,27)(H,29,31)(H2,24,28,30,32). The summed E-state index contributed by atoms with van der Waals surface area (Å²) in [6, 6.07) is 9.44. The predicted molar refractivity (Wildman–Crippen MR) is 122 cm³/mol. The number of hydrogen-bond acceptors (Lipinski definition) is 5. The lowest BCUT2D eigenvalue weighted by Crippen LogP contribution is -2.28. The molecule has 0 radical (unpaired) electrons. The third-order valence-corrected chi connectivity index (χ3v) is 4.93. The topological polar surface area (TPSA) is 125 Å². The van der Waals surface area contributed by atoms with Crippen LogP contribution < -0.4 is 16.0 Å². The minimum absolute atomic E-state index is 0.254. The number of nitrogens with zero attached hydrogens (tertiary/aromatic N) is 3. The Labute approximate surface area is 184 Å². The van der Waals surface area contributed by atoms with Gasteiger partial charge in [0.2, 0.25) is 0 Å². The number of rotatable bonds is 6. The van der Waals surface area contributed by atoms with Crippen LogP contribution in [0.15, 0.2) is 55.1 Å². The Morgan fingerprint density at radius 2 is 1.88 bits per heavy atom. The Morgan fingerprint density at radius 3 is 2.62 bits per heavy atom. The van der Waals surface area contributed by atoms with E-state index in [9.17, 15) is 9.59 Å². The van der Waals surface area contributed by atoms with Crippen LogP contribution in [0, 0.1) is 6.92 Å². The van der Waals surface area contributed by atoms with Crippen molar-refractivity contribution in [2.24, 2.45) is 0 Å². The molecule has 0 saturated carbocycles. The molecule has 32 heavy (non-hydrogen) atoms. The lowest BCUT2D eigenvalue weighted by molar-refractivity contribution is 0.0941. The Balaban J connectivity index is 1.73. The number of H-pyrrole nitrogens is 1. The molecule has 4 N–H and O–H groups in total. The molecule has 3 amide bonds. The van der Waals surface area contributed by atoms with Crippen LogP contribution in [-0.2, 0) is 6.54 Å². The van der Waals surface area contributed by atoms with Gasteiger partial charge in [0.05, 0.1) is 0 Å². The largest absolute Gasteiger partial charge is 0.345 e. The van der Waals surface area contributed by atoms with Crippen molar-refractivity contribution in [2.45, 2.75) is 20.4 Å². The fourth-order valence-electron chi connectivity index (χ4n) is 3.45. The number of imidazole rings is 1. The summed E-state index contributed by atoms with van der Waals surface area (Å²) in [7, 11) is 0. The molecule has 4 aromatic rings. The van der Waals surface area contributed by atoms with E-state index in [4.69, 9.17) is 0 Å². The molecule has 9 nitrogen and oxygen atoms in total. The van der Waals surface area contributed by atoms with Crippen LogP contribution in [-0.4, -0.2) is 38.4 Å². The molecule has 0 aliphatic rings. The fraction of sp³-hybridized carbons (Fsp3) is 0.174. The van der Waals surface area contributed by atoms with E-state index >= 15 is 0 Å². The van der Waals surface area contributed by atoms with E-state index in [1.807, 2.05) is 44.2 Å². The van der Waals surface area contributed by atoms with Crippen molar-refractivity contribution >= 4 is 28.5 Å². The molecular weight excluding hydrogens is 406 g/mol. The third-order valence-electron chi connectivity index (χ3n) is 4.93. The van der Waals surface area contributed by atoms with E-state index in [-0.39, 0.29) is 17.8 Å². The first-order valence-electron chi connectivity index (χ1n) is 10.2. The molecule has 0 saturated heterocycles. The SMILES string of the molecule is CCNC(=O)Nc1cc2c(-c3ccnc(C)c3)ccc(CNC(=O)c3ncc[nH]3)c2cn1. The molecule has 0 unspecified atom stereocenters. The maximum Gasteiger partial charge on any atom is 0.320 e. The van der Waals surface area contributed by atoms with Crippen molar-refractivity contribution in [1.82, 2.24) is 30.6 Å². The van der Waals surface area contributed by atoms with E-state index in [0.717, 1.165) is 33.2 Å². The molecule has 3 heterocycles. The molecule has 1 aromatic carbocycles. The van der Waals surface area contributed by atoms with E-state index in [0.29, 0.717) is 18.9 Å². The van der Waals surface area contributed by atoms with Gasteiger partial charge in [0, 0.05) is 49.0 Å². The predicted octanol–water partition coefficient (Wildman–Crippen LogP) is 3.40. The molecule has 3 aromatic heterocycles. The monoisotopic (exact) mass is 429 g/mol. The van der Waals surface area contributed by atoms with Crippen LogP contribution in [0.2, 0.25) is 0 Å². The quantitative estimate of drug-likeness (QED) is 0.374. The number of aromatic amines is 1. The Kier molecular flexibility index (Phi) is 6.07. The van der Waals surface area contributed by atoms with Gasteiger partial charge < -0.3 is 15.6 Å². The van der Waals surface area contributed by atoms with Crippen LogP contribution in [0.25, 0.3) is 21.9 Å². The van der Waals surface area contributed by atoms with Gasteiger partial charge >= 0.3 is 6.03 Å². The average Bonchev–Trinajstić information content (AvgIpc) is 3.32. The maximum atomic E-state index is 12.3. The van der Waals surface area contributed by atoms with Crippen LogP contribution in [0.3, 0.4) is 0 Å². The first-order valence-corrected chi connectivity index (χ1v) is 10.2. The van der Waals surface area contributed by atoms with Gasteiger partial charge in [0.1, 0.15) is 5.82 Å². The number of aromatic nitrogens is 4. The lowest BCUT2D eigenvalue weighted by Gasteiger charge is -2.14. The average molecular weight is 429 g/mol. The van der Waals surface area contributed by atoms with E-state index < -0.39 is 0 Å². The Hall–Kier alpha value is -4.27. The third kappa shape index (κ3) is 4.56. The van der Waals surface area contributed by atoms with Crippen LogP contribution >= 0.6 is 0 Å². The highest BCUT2D eigenvalue weighted by molar-refractivity contribution is 6.01.